The van der Waals surface area contributed by atoms with Crippen LogP contribution < -0.4 is 0 Å². The van der Waals surface area contributed by atoms with Crippen LogP contribution in [0.2, 0.25) is 16.6 Å². The summed E-state index contributed by atoms with van der Waals surface area (Å²) in [6.45, 7) is 15.5. The van der Waals surface area contributed by atoms with Crippen LogP contribution in [0.25, 0.3) is 0 Å². The summed E-state index contributed by atoms with van der Waals surface area (Å²) in [7, 11) is -1.57. The molecule has 0 amide bonds. The third-order valence-corrected chi connectivity index (χ3v) is 10.1. The second-order valence-electron chi connectivity index (χ2n) is 5.90. The summed E-state index contributed by atoms with van der Waals surface area (Å²) >= 11 is 0. The zero-order chi connectivity index (χ0) is 13.6. The molecule has 2 heteroatoms. The van der Waals surface area contributed by atoms with Crippen molar-refractivity contribution in [1.82, 2.24) is 0 Å². The van der Waals surface area contributed by atoms with Crippen LogP contribution in [0.15, 0.2) is 0 Å². The summed E-state index contributed by atoms with van der Waals surface area (Å²) in [5.74, 6) is 3.53. The minimum atomic E-state index is -1.57. The monoisotopic (exact) mass is 252 g/mol. The number of hydrogen-bond donors (Lipinski definition) is 0. The van der Waals surface area contributed by atoms with Crippen molar-refractivity contribution in [2.24, 2.45) is 0 Å². The third kappa shape index (κ3) is 4.31. The second kappa shape index (κ2) is 7.01. The maximum Gasteiger partial charge on any atom is 0.145 e. The Morgan fingerprint density at radius 1 is 1.00 bits per heavy atom. The van der Waals surface area contributed by atoms with Crippen LogP contribution in [0, 0.1) is 11.5 Å². The van der Waals surface area contributed by atoms with E-state index in [1.54, 1.807) is 6.92 Å². The quantitative estimate of drug-likeness (QED) is 0.517. The summed E-state index contributed by atoms with van der Waals surface area (Å²) in [6, 6.07) is 0. The maximum atomic E-state index is 10.9. The lowest BCUT2D eigenvalue weighted by atomic mass is 10.2. The van der Waals surface area contributed by atoms with E-state index in [0.29, 0.717) is 23.0 Å². The fraction of sp³-hybridized carbons (Fsp3) is 0.800. The highest BCUT2D eigenvalue weighted by molar-refractivity contribution is 6.90. The van der Waals surface area contributed by atoms with Crippen molar-refractivity contribution >= 4 is 13.9 Å². The molecule has 0 aromatic carbocycles. The Morgan fingerprint density at radius 3 is 1.71 bits per heavy atom. The molecule has 0 radical (unpaired) electrons. The normalized spacial score (nSPS) is 11.9. The average molecular weight is 252 g/mol. The molecule has 0 aliphatic carbocycles. The van der Waals surface area contributed by atoms with Crippen LogP contribution in [-0.2, 0) is 4.79 Å². The van der Waals surface area contributed by atoms with Crippen molar-refractivity contribution in [2.45, 2.75) is 77.9 Å². The van der Waals surface area contributed by atoms with Crippen molar-refractivity contribution in [3.8, 4) is 11.5 Å². The summed E-state index contributed by atoms with van der Waals surface area (Å²) < 4.78 is 0. The lowest BCUT2D eigenvalue weighted by Gasteiger charge is -2.38. The van der Waals surface area contributed by atoms with Crippen LogP contribution in [-0.4, -0.2) is 13.9 Å². The number of rotatable bonds is 5. The van der Waals surface area contributed by atoms with Gasteiger partial charge in [0, 0.05) is 12.8 Å². The lowest BCUT2D eigenvalue weighted by molar-refractivity contribution is -0.116. The van der Waals surface area contributed by atoms with Crippen LogP contribution in [0.4, 0.5) is 0 Å². The fourth-order valence-corrected chi connectivity index (χ4v) is 8.18. The Hall–Kier alpha value is -0.553. The molecule has 0 N–H and O–H groups in total. The molecule has 0 bridgehead atoms. The molecule has 1 nitrogen and oxygen atoms in total. The Morgan fingerprint density at radius 2 is 1.41 bits per heavy atom. The van der Waals surface area contributed by atoms with Crippen LogP contribution in [0.3, 0.4) is 0 Å². The molecule has 0 fully saturated rings. The highest BCUT2D eigenvalue weighted by Gasteiger charge is 2.41. The molecular formula is C15H28OSi. The molecule has 0 aromatic rings. The number of carbonyl (C=O) groups is 1. The molecular weight excluding hydrogens is 224 g/mol. The lowest BCUT2D eigenvalue weighted by Crippen LogP contribution is -2.43. The summed E-state index contributed by atoms with van der Waals surface area (Å²) in [6.07, 6.45) is 1.34. The maximum absolute atomic E-state index is 10.9. The van der Waals surface area contributed by atoms with Crippen LogP contribution >= 0.6 is 0 Å². The average Bonchev–Trinajstić information content (AvgIpc) is 2.15. The van der Waals surface area contributed by atoms with E-state index in [1.807, 2.05) is 0 Å². The molecule has 0 heterocycles. The van der Waals surface area contributed by atoms with Crippen molar-refractivity contribution in [3.63, 3.8) is 0 Å². The van der Waals surface area contributed by atoms with E-state index in [-0.39, 0.29) is 5.78 Å². The second-order valence-corrected chi connectivity index (χ2v) is 11.5. The molecule has 0 saturated heterocycles. The van der Waals surface area contributed by atoms with Crippen molar-refractivity contribution in [2.75, 3.05) is 0 Å². The molecule has 0 saturated carbocycles. The van der Waals surface area contributed by atoms with Gasteiger partial charge in [-0.25, -0.2) is 0 Å². The van der Waals surface area contributed by atoms with Gasteiger partial charge in [0.25, 0.3) is 0 Å². The number of hydrogen-bond acceptors (Lipinski definition) is 1. The molecule has 0 aliphatic rings. The van der Waals surface area contributed by atoms with Gasteiger partial charge >= 0.3 is 0 Å². The van der Waals surface area contributed by atoms with Gasteiger partial charge in [0.05, 0.1) is 0 Å². The van der Waals surface area contributed by atoms with E-state index in [0.717, 1.165) is 6.42 Å². The highest BCUT2D eigenvalue weighted by Crippen LogP contribution is 2.40. The predicted molar refractivity (Wildman–Crippen MR) is 78.7 cm³/mol. The summed E-state index contributed by atoms with van der Waals surface area (Å²) in [5, 5.41) is 0. The molecule has 17 heavy (non-hydrogen) atoms. The first-order valence-electron chi connectivity index (χ1n) is 6.74. The Kier molecular flexibility index (Phi) is 6.78. The van der Waals surface area contributed by atoms with Gasteiger partial charge in [0.1, 0.15) is 13.9 Å². The zero-order valence-corrected chi connectivity index (χ0v) is 13.6. The van der Waals surface area contributed by atoms with Gasteiger partial charge in [0.15, 0.2) is 0 Å². The first-order chi connectivity index (χ1) is 7.75. The fourth-order valence-electron chi connectivity index (χ4n) is 2.89. The molecule has 0 rings (SSSR count). The van der Waals surface area contributed by atoms with Gasteiger partial charge in [-0.2, -0.15) is 0 Å². The van der Waals surface area contributed by atoms with E-state index >= 15 is 0 Å². The number of carbonyl (C=O) groups excluding carboxylic acids is 1. The van der Waals surface area contributed by atoms with Gasteiger partial charge in [0.2, 0.25) is 0 Å². The Labute approximate surface area is 108 Å². The Balaban J connectivity index is 4.99. The smallest absolute Gasteiger partial charge is 0.145 e. The third-order valence-electron chi connectivity index (χ3n) is 3.77. The number of ketones is 1. The van der Waals surface area contributed by atoms with E-state index in [2.05, 4.69) is 53.0 Å². The molecule has 0 atom stereocenters. The molecule has 0 aromatic heterocycles. The number of Topliss-reactive ketones (excluding diaryl/α,β-unsaturated/α-hetero) is 1. The highest BCUT2D eigenvalue weighted by atomic mass is 28.3. The van der Waals surface area contributed by atoms with E-state index < -0.39 is 8.07 Å². The van der Waals surface area contributed by atoms with Gasteiger partial charge in [-0.05, 0) is 23.5 Å². The van der Waals surface area contributed by atoms with Crippen molar-refractivity contribution < 1.29 is 4.79 Å². The Bertz CT molecular complexity index is 283. The first kappa shape index (κ1) is 16.4. The van der Waals surface area contributed by atoms with E-state index in [9.17, 15) is 4.79 Å². The van der Waals surface area contributed by atoms with Gasteiger partial charge in [-0.15, -0.1) is 11.5 Å². The SMILES string of the molecule is CC(=O)CCC#C[Si](C(C)C)(C(C)C)C(C)C. The van der Waals surface area contributed by atoms with Gasteiger partial charge in [-0.3, -0.25) is 4.79 Å². The first-order valence-corrected chi connectivity index (χ1v) is 8.97. The minimum absolute atomic E-state index is 0.241. The summed E-state index contributed by atoms with van der Waals surface area (Å²) in [4.78, 5) is 10.9. The van der Waals surface area contributed by atoms with Crippen LogP contribution in [0.1, 0.15) is 61.3 Å². The van der Waals surface area contributed by atoms with Gasteiger partial charge < -0.3 is 0 Å². The summed E-state index contributed by atoms with van der Waals surface area (Å²) in [5.41, 5.74) is 5.64. The molecule has 0 unspecified atom stereocenters. The standard InChI is InChI=1S/C15H28OSi/c1-12(2)17(13(3)4,14(5)6)11-9-8-10-15(7)16/h12-14H,8,10H2,1-7H3. The minimum Gasteiger partial charge on any atom is -0.300 e. The van der Waals surface area contributed by atoms with Crippen LogP contribution in [0.5, 0.6) is 0 Å². The predicted octanol–water partition coefficient (Wildman–Crippen LogP) is 4.58. The van der Waals surface area contributed by atoms with E-state index in [1.165, 1.54) is 0 Å². The molecule has 0 aliphatic heterocycles. The zero-order valence-electron chi connectivity index (χ0n) is 12.6. The largest absolute Gasteiger partial charge is 0.300 e. The van der Waals surface area contributed by atoms with Gasteiger partial charge in [-0.1, -0.05) is 41.5 Å². The van der Waals surface area contributed by atoms with E-state index in [4.69, 9.17) is 0 Å². The van der Waals surface area contributed by atoms with Crippen molar-refractivity contribution in [1.29, 1.82) is 0 Å². The van der Waals surface area contributed by atoms with Crippen molar-refractivity contribution in [3.05, 3.63) is 0 Å². The topological polar surface area (TPSA) is 17.1 Å². The molecule has 98 valence electrons. The molecule has 0 spiro atoms.